The first-order valence-electron chi connectivity index (χ1n) is 6.28. The van der Waals surface area contributed by atoms with Crippen LogP contribution in [0.1, 0.15) is 36.4 Å². The molecule has 0 radical (unpaired) electrons. The predicted octanol–water partition coefficient (Wildman–Crippen LogP) is 3.87. The molecule has 1 aromatic heterocycles. The predicted molar refractivity (Wildman–Crippen MR) is 78.9 cm³/mol. The van der Waals surface area contributed by atoms with E-state index in [1.807, 2.05) is 12.1 Å². The molecular weight excluding hydrogens is 258 g/mol. The number of hydrogen-bond donors (Lipinski definition) is 2. The standard InChI is InChI=1S/C15H19NO2S/c1-10(16-11(2)15-5-4-8-19-15)12-6-7-13(17)14(9-12)18-3/h4-11,16-17H,1-3H3/t10?,11-/m1/s1. The molecule has 0 spiro atoms. The number of benzene rings is 1. The largest absolute Gasteiger partial charge is 0.504 e. The second-order valence-electron chi connectivity index (χ2n) is 4.56. The molecule has 2 atom stereocenters. The fraction of sp³-hybridized carbons (Fsp3) is 0.333. The van der Waals surface area contributed by atoms with Crippen LogP contribution >= 0.6 is 11.3 Å². The number of aromatic hydroxyl groups is 1. The average Bonchev–Trinajstić information content (AvgIpc) is 2.93. The van der Waals surface area contributed by atoms with Crippen LogP contribution < -0.4 is 10.1 Å². The molecule has 4 heteroatoms. The van der Waals surface area contributed by atoms with Crippen LogP contribution in [0.2, 0.25) is 0 Å². The highest BCUT2D eigenvalue weighted by Gasteiger charge is 2.13. The fourth-order valence-corrected chi connectivity index (χ4v) is 2.80. The van der Waals surface area contributed by atoms with Gasteiger partial charge in [-0.05, 0) is 43.0 Å². The molecule has 0 aliphatic carbocycles. The Bertz CT molecular complexity index is 525. The number of methoxy groups -OCH3 is 1. The van der Waals surface area contributed by atoms with Crippen LogP contribution in [-0.2, 0) is 0 Å². The minimum absolute atomic E-state index is 0.171. The van der Waals surface area contributed by atoms with Gasteiger partial charge in [0, 0.05) is 17.0 Å². The third kappa shape index (κ3) is 3.28. The van der Waals surface area contributed by atoms with E-state index in [1.54, 1.807) is 24.5 Å². The summed E-state index contributed by atoms with van der Waals surface area (Å²) in [4.78, 5) is 1.32. The highest BCUT2D eigenvalue weighted by Crippen LogP contribution is 2.30. The molecule has 102 valence electrons. The molecule has 0 aliphatic heterocycles. The van der Waals surface area contributed by atoms with Gasteiger partial charge in [-0.15, -0.1) is 11.3 Å². The van der Waals surface area contributed by atoms with Gasteiger partial charge in [-0.2, -0.15) is 0 Å². The van der Waals surface area contributed by atoms with Gasteiger partial charge < -0.3 is 15.2 Å². The summed E-state index contributed by atoms with van der Waals surface area (Å²) < 4.78 is 5.14. The first-order valence-corrected chi connectivity index (χ1v) is 7.16. The van der Waals surface area contributed by atoms with Crippen LogP contribution in [0.5, 0.6) is 11.5 Å². The summed E-state index contributed by atoms with van der Waals surface area (Å²) in [5.74, 6) is 0.680. The molecular formula is C15H19NO2S. The summed E-state index contributed by atoms with van der Waals surface area (Å²) in [5, 5.41) is 15.2. The van der Waals surface area contributed by atoms with Gasteiger partial charge in [0.25, 0.3) is 0 Å². The van der Waals surface area contributed by atoms with E-state index in [0.717, 1.165) is 5.56 Å². The Morgan fingerprint density at radius 2 is 2.00 bits per heavy atom. The maximum Gasteiger partial charge on any atom is 0.160 e. The third-order valence-corrected chi connectivity index (χ3v) is 4.23. The molecule has 1 heterocycles. The molecule has 2 rings (SSSR count). The number of thiophene rings is 1. The Balaban J connectivity index is 2.09. The first kappa shape index (κ1) is 13.9. The Kier molecular flexibility index (Phi) is 4.45. The van der Waals surface area contributed by atoms with Gasteiger partial charge in [0.1, 0.15) is 0 Å². The molecule has 1 aromatic carbocycles. The molecule has 0 saturated heterocycles. The summed E-state index contributed by atoms with van der Waals surface area (Å²) in [6, 6.07) is 10.1. The molecule has 3 nitrogen and oxygen atoms in total. The van der Waals surface area contributed by atoms with E-state index in [4.69, 9.17) is 4.74 Å². The molecule has 2 aromatic rings. The van der Waals surface area contributed by atoms with Crippen LogP contribution in [-0.4, -0.2) is 12.2 Å². The van der Waals surface area contributed by atoms with E-state index < -0.39 is 0 Å². The van der Waals surface area contributed by atoms with Crippen LogP contribution in [0.3, 0.4) is 0 Å². The number of ether oxygens (including phenoxy) is 1. The molecule has 2 N–H and O–H groups in total. The van der Waals surface area contributed by atoms with Crippen molar-refractivity contribution in [3.8, 4) is 11.5 Å². The lowest BCUT2D eigenvalue weighted by atomic mass is 10.1. The van der Waals surface area contributed by atoms with Crippen molar-refractivity contribution in [2.45, 2.75) is 25.9 Å². The molecule has 0 saturated carbocycles. The van der Waals surface area contributed by atoms with E-state index in [1.165, 1.54) is 4.88 Å². The molecule has 0 bridgehead atoms. The van der Waals surface area contributed by atoms with Crippen LogP contribution in [0.15, 0.2) is 35.7 Å². The SMILES string of the molecule is COc1cc(C(C)N[C@H](C)c2cccs2)ccc1O. The lowest BCUT2D eigenvalue weighted by Crippen LogP contribution is -2.21. The summed E-state index contributed by atoms with van der Waals surface area (Å²) in [6.45, 7) is 4.26. The molecule has 0 aliphatic rings. The second kappa shape index (κ2) is 6.08. The van der Waals surface area contributed by atoms with Crippen molar-refractivity contribution in [2.24, 2.45) is 0 Å². The Morgan fingerprint density at radius 1 is 1.21 bits per heavy atom. The number of nitrogens with one attached hydrogen (secondary N) is 1. The normalized spacial score (nSPS) is 14.1. The van der Waals surface area contributed by atoms with Crippen molar-refractivity contribution >= 4 is 11.3 Å². The topological polar surface area (TPSA) is 41.5 Å². The number of phenols is 1. The van der Waals surface area contributed by atoms with Crippen molar-refractivity contribution in [3.05, 3.63) is 46.2 Å². The van der Waals surface area contributed by atoms with Gasteiger partial charge >= 0.3 is 0 Å². The second-order valence-corrected chi connectivity index (χ2v) is 5.54. The molecule has 0 fully saturated rings. The van der Waals surface area contributed by atoms with Crippen molar-refractivity contribution in [2.75, 3.05) is 7.11 Å². The van der Waals surface area contributed by atoms with E-state index in [9.17, 15) is 5.11 Å². The van der Waals surface area contributed by atoms with Gasteiger partial charge in [-0.3, -0.25) is 0 Å². The number of hydrogen-bond acceptors (Lipinski definition) is 4. The van der Waals surface area contributed by atoms with Gasteiger partial charge in [0.15, 0.2) is 11.5 Å². The monoisotopic (exact) mass is 277 g/mol. The van der Waals surface area contributed by atoms with E-state index >= 15 is 0 Å². The fourth-order valence-electron chi connectivity index (χ4n) is 2.05. The molecule has 0 amide bonds. The van der Waals surface area contributed by atoms with Crippen molar-refractivity contribution in [3.63, 3.8) is 0 Å². The minimum atomic E-state index is 0.171. The van der Waals surface area contributed by atoms with E-state index in [0.29, 0.717) is 11.8 Å². The lowest BCUT2D eigenvalue weighted by Gasteiger charge is -2.20. The van der Waals surface area contributed by atoms with E-state index in [-0.39, 0.29) is 11.8 Å². The lowest BCUT2D eigenvalue weighted by molar-refractivity contribution is 0.372. The van der Waals surface area contributed by atoms with Gasteiger partial charge in [-0.25, -0.2) is 0 Å². The zero-order valence-corrected chi connectivity index (χ0v) is 12.2. The third-order valence-electron chi connectivity index (χ3n) is 3.17. The van der Waals surface area contributed by atoms with Crippen molar-refractivity contribution < 1.29 is 9.84 Å². The van der Waals surface area contributed by atoms with Crippen LogP contribution in [0, 0.1) is 0 Å². The quantitative estimate of drug-likeness (QED) is 0.871. The zero-order chi connectivity index (χ0) is 13.8. The summed E-state index contributed by atoms with van der Waals surface area (Å²) in [6.07, 6.45) is 0. The van der Waals surface area contributed by atoms with Gasteiger partial charge in [-0.1, -0.05) is 12.1 Å². The maximum atomic E-state index is 9.61. The van der Waals surface area contributed by atoms with Gasteiger partial charge in [0.05, 0.1) is 7.11 Å². The smallest absolute Gasteiger partial charge is 0.160 e. The number of rotatable bonds is 5. The van der Waals surface area contributed by atoms with Crippen molar-refractivity contribution in [1.82, 2.24) is 5.32 Å². The highest BCUT2D eigenvalue weighted by atomic mass is 32.1. The first-order chi connectivity index (χ1) is 9.11. The number of phenolic OH excluding ortho intramolecular Hbond substituents is 1. The van der Waals surface area contributed by atoms with Crippen LogP contribution in [0.25, 0.3) is 0 Å². The molecule has 1 unspecified atom stereocenters. The highest BCUT2D eigenvalue weighted by molar-refractivity contribution is 7.10. The Labute approximate surface area is 117 Å². The summed E-state index contributed by atoms with van der Waals surface area (Å²) in [5.41, 5.74) is 1.10. The van der Waals surface area contributed by atoms with E-state index in [2.05, 4.69) is 36.7 Å². The molecule has 19 heavy (non-hydrogen) atoms. The minimum Gasteiger partial charge on any atom is -0.504 e. The van der Waals surface area contributed by atoms with Crippen molar-refractivity contribution in [1.29, 1.82) is 0 Å². The maximum absolute atomic E-state index is 9.61. The zero-order valence-electron chi connectivity index (χ0n) is 11.4. The van der Waals surface area contributed by atoms with Crippen LogP contribution in [0.4, 0.5) is 0 Å². The average molecular weight is 277 g/mol. The van der Waals surface area contributed by atoms with Gasteiger partial charge in [0.2, 0.25) is 0 Å². The Morgan fingerprint density at radius 3 is 2.63 bits per heavy atom. The Hall–Kier alpha value is -1.52. The summed E-state index contributed by atoms with van der Waals surface area (Å²) >= 11 is 1.75. The summed E-state index contributed by atoms with van der Waals surface area (Å²) in [7, 11) is 1.56.